The minimum atomic E-state index is -2.19. The molecule has 0 heterocycles. The number of amides is 1. The lowest BCUT2D eigenvalue weighted by Crippen LogP contribution is -2.38. The summed E-state index contributed by atoms with van der Waals surface area (Å²) in [5.74, 6) is -4.86. The second-order valence-electron chi connectivity index (χ2n) is 6.28. The van der Waals surface area contributed by atoms with Crippen molar-refractivity contribution in [2.75, 3.05) is 7.05 Å². The van der Waals surface area contributed by atoms with Crippen molar-refractivity contribution < 1.29 is 35.2 Å². The highest BCUT2D eigenvalue weighted by Gasteiger charge is 2.38. The van der Waals surface area contributed by atoms with Gasteiger partial charge >= 0.3 is 5.91 Å². The average Bonchev–Trinajstić information content (AvgIpc) is 2.65. The van der Waals surface area contributed by atoms with E-state index in [1.165, 1.54) is 12.1 Å². The Balaban J connectivity index is 2.54. The lowest BCUT2D eigenvalue weighted by Gasteiger charge is -2.29. The van der Waals surface area contributed by atoms with Gasteiger partial charge in [-0.05, 0) is 29.8 Å². The zero-order chi connectivity index (χ0) is 21.1. The Labute approximate surface area is 159 Å². The molecule has 146 valence electrons. The molecule has 0 aliphatic rings. The number of ketones is 1. The molecule has 0 fully saturated rings. The Kier molecular flexibility index (Phi) is 5.88. The second kappa shape index (κ2) is 7.96. The van der Waals surface area contributed by atoms with E-state index >= 15 is 0 Å². The number of aromatic hydroxyl groups is 3. The van der Waals surface area contributed by atoms with Gasteiger partial charge in [0, 0.05) is 25.5 Å². The van der Waals surface area contributed by atoms with E-state index in [2.05, 4.69) is 0 Å². The van der Waals surface area contributed by atoms with E-state index in [1.807, 2.05) is 6.07 Å². The third-order valence-corrected chi connectivity index (χ3v) is 4.17. The highest BCUT2D eigenvalue weighted by atomic mass is 16.5. The third kappa shape index (κ3) is 4.20. The number of hydrogen-bond acceptors (Lipinski definition) is 8. The molecule has 9 heteroatoms. The van der Waals surface area contributed by atoms with Gasteiger partial charge in [-0.2, -0.15) is 5.26 Å². The number of carbonyl (C=O) groups is 2. The minimum absolute atomic E-state index is 0.0627. The van der Waals surface area contributed by atoms with Crippen LogP contribution in [-0.4, -0.2) is 49.4 Å². The van der Waals surface area contributed by atoms with Crippen molar-refractivity contribution in [3.05, 3.63) is 53.1 Å². The van der Waals surface area contributed by atoms with Crippen LogP contribution in [0.2, 0.25) is 0 Å². The summed E-state index contributed by atoms with van der Waals surface area (Å²) in [6.07, 6.45) is -1.15. The Bertz CT molecular complexity index is 965. The van der Waals surface area contributed by atoms with E-state index in [1.54, 1.807) is 12.1 Å². The predicted molar refractivity (Wildman–Crippen MR) is 94.4 cm³/mol. The van der Waals surface area contributed by atoms with Gasteiger partial charge in [-0.1, -0.05) is 12.1 Å². The zero-order valence-corrected chi connectivity index (χ0v) is 14.8. The summed E-state index contributed by atoms with van der Waals surface area (Å²) in [6.45, 7) is 0. The Morgan fingerprint density at radius 3 is 2.43 bits per heavy atom. The molecule has 2 aromatic rings. The van der Waals surface area contributed by atoms with Crippen molar-refractivity contribution in [3.8, 4) is 23.3 Å². The summed E-state index contributed by atoms with van der Waals surface area (Å²) in [7, 11) is 0.944. The normalized spacial score (nSPS) is 12.6. The van der Waals surface area contributed by atoms with Gasteiger partial charge in [-0.3, -0.25) is 14.8 Å². The molecule has 9 nitrogen and oxygen atoms in total. The smallest absolute Gasteiger partial charge is 0.313 e. The summed E-state index contributed by atoms with van der Waals surface area (Å²) in [5.41, 5.74) is -1.81. The Morgan fingerprint density at radius 1 is 1.14 bits per heavy atom. The molecule has 0 aliphatic carbocycles. The highest BCUT2D eigenvalue weighted by molar-refractivity contribution is 6.35. The van der Waals surface area contributed by atoms with Crippen molar-refractivity contribution >= 4 is 11.7 Å². The molecule has 0 aliphatic heterocycles. The van der Waals surface area contributed by atoms with E-state index in [-0.39, 0.29) is 22.6 Å². The molecule has 5 N–H and O–H groups in total. The number of aliphatic hydroxyl groups is 1. The molecule has 28 heavy (non-hydrogen) atoms. The van der Waals surface area contributed by atoms with Crippen LogP contribution in [0.15, 0.2) is 36.4 Å². The Hall–Kier alpha value is -3.61. The summed E-state index contributed by atoms with van der Waals surface area (Å²) in [4.78, 5) is 23.9. The number of carbonyl (C=O) groups excluding carboxylic acids is 2. The zero-order valence-electron chi connectivity index (χ0n) is 14.8. The van der Waals surface area contributed by atoms with Crippen molar-refractivity contribution in [2.24, 2.45) is 0 Å². The monoisotopic (exact) mass is 386 g/mol. The number of benzene rings is 2. The number of nitriles is 1. The van der Waals surface area contributed by atoms with Crippen LogP contribution in [0.5, 0.6) is 17.2 Å². The van der Waals surface area contributed by atoms with Crippen LogP contribution in [0.4, 0.5) is 0 Å². The molecule has 0 bridgehead atoms. The number of nitrogens with zero attached hydrogens (tertiary/aromatic N) is 2. The maximum absolute atomic E-state index is 12.2. The Morgan fingerprint density at radius 2 is 1.82 bits per heavy atom. The fourth-order valence-corrected chi connectivity index (χ4v) is 2.81. The maximum Gasteiger partial charge on any atom is 0.313 e. The summed E-state index contributed by atoms with van der Waals surface area (Å²) < 4.78 is 0. The van der Waals surface area contributed by atoms with Crippen LogP contribution < -0.4 is 0 Å². The fraction of sp³-hybridized carbons (Fsp3) is 0.211. The first-order chi connectivity index (χ1) is 13.1. The third-order valence-electron chi connectivity index (χ3n) is 4.17. The molecule has 1 atom stereocenters. The lowest BCUT2D eigenvalue weighted by atomic mass is 9.82. The molecule has 0 saturated heterocycles. The molecule has 2 rings (SSSR count). The number of phenolic OH excluding ortho intramolecular Hbond substituents is 3. The number of Topliss-reactive ketones (excluding diaryl/α,β-unsaturated/α-hetero) is 1. The first-order valence-corrected chi connectivity index (χ1v) is 8.04. The molecular formula is C19H18N2O7. The number of likely N-dealkylation sites (N-methyl/N-ethyl adjacent to an activating group) is 1. The first kappa shape index (κ1) is 20.7. The predicted octanol–water partition coefficient (Wildman–Crippen LogP) is 0.912. The van der Waals surface area contributed by atoms with E-state index < -0.39 is 41.0 Å². The topological polar surface area (TPSA) is 162 Å². The van der Waals surface area contributed by atoms with Crippen LogP contribution in [0.25, 0.3) is 0 Å². The van der Waals surface area contributed by atoms with Crippen LogP contribution >= 0.6 is 0 Å². The van der Waals surface area contributed by atoms with E-state index in [9.17, 15) is 35.2 Å². The standard InChI is InChI=1S/C19H18N2O7/c1-21(28)18(26)15(23)9-19(27,8-11-3-2-4-12(7-11)10-20)13-5-6-14(22)17(25)16(13)24/h2-7,22,24-25,27-28H,8-9H2,1H3. The maximum atomic E-state index is 12.2. The van der Waals surface area contributed by atoms with Gasteiger partial charge in [0.15, 0.2) is 11.5 Å². The summed E-state index contributed by atoms with van der Waals surface area (Å²) in [5, 5.41) is 58.9. The highest BCUT2D eigenvalue weighted by Crippen LogP contribution is 2.44. The van der Waals surface area contributed by atoms with Crippen LogP contribution in [0, 0.1) is 11.3 Å². The molecule has 1 amide bonds. The van der Waals surface area contributed by atoms with E-state index in [0.29, 0.717) is 5.56 Å². The molecular weight excluding hydrogens is 368 g/mol. The average molecular weight is 386 g/mol. The van der Waals surface area contributed by atoms with Gasteiger partial charge in [0.05, 0.1) is 11.6 Å². The van der Waals surface area contributed by atoms with Gasteiger partial charge in [0.1, 0.15) is 5.60 Å². The molecule has 2 aromatic carbocycles. The van der Waals surface area contributed by atoms with Crippen molar-refractivity contribution in [3.63, 3.8) is 0 Å². The summed E-state index contributed by atoms with van der Waals surface area (Å²) >= 11 is 0. The van der Waals surface area contributed by atoms with Crippen LogP contribution in [0.3, 0.4) is 0 Å². The number of rotatable bonds is 6. The lowest BCUT2D eigenvalue weighted by molar-refractivity contribution is -0.167. The first-order valence-electron chi connectivity index (χ1n) is 8.04. The molecule has 0 saturated carbocycles. The molecule has 0 spiro atoms. The second-order valence-corrected chi connectivity index (χ2v) is 6.28. The molecule has 0 radical (unpaired) electrons. The van der Waals surface area contributed by atoms with E-state index in [4.69, 9.17) is 5.26 Å². The number of hydroxylamine groups is 2. The number of hydrogen-bond donors (Lipinski definition) is 5. The van der Waals surface area contributed by atoms with Crippen molar-refractivity contribution in [2.45, 2.75) is 18.4 Å². The van der Waals surface area contributed by atoms with Gasteiger partial charge in [-0.25, -0.2) is 5.06 Å². The molecule has 1 unspecified atom stereocenters. The van der Waals surface area contributed by atoms with Gasteiger partial charge < -0.3 is 20.4 Å². The quantitative estimate of drug-likeness (QED) is 0.212. The largest absolute Gasteiger partial charge is 0.504 e. The van der Waals surface area contributed by atoms with Crippen LogP contribution in [-0.2, 0) is 21.6 Å². The van der Waals surface area contributed by atoms with Crippen molar-refractivity contribution in [1.82, 2.24) is 5.06 Å². The van der Waals surface area contributed by atoms with Crippen LogP contribution in [0.1, 0.15) is 23.1 Å². The van der Waals surface area contributed by atoms with Gasteiger partial charge in [-0.15, -0.1) is 0 Å². The van der Waals surface area contributed by atoms with Gasteiger partial charge in [0.2, 0.25) is 11.5 Å². The fourth-order valence-electron chi connectivity index (χ4n) is 2.81. The minimum Gasteiger partial charge on any atom is -0.504 e. The van der Waals surface area contributed by atoms with E-state index in [0.717, 1.165) is 19.2 Å². The van der Waals surface area contributed by atoms with Gasteiger partial charge in [0.25, 0.3) is 0 Å². The summed E-state index contributed by atoms with van der Waals surface area (Å²) in [6, 6.07) is 10.1. The SMILES string of the molecule is CN(O)C(=O)C(=O)CC(O)(Cc1cccc(C#N)c1)c1ccc(O)c(O)c1O. The van der Waals surface area contributed by atoms with Crippen molar-refractivity contribution in [1.29, 1.82) is 5.26 Å². The molecule has 0 aromatic heterocycles. The number of phenols is 3.